The van der Waals surface area contributed by atoms with Gasteiger partial charge in [-0.05, 0) is 25.3 Å². The van der Waals surface area contributed by atoms with Crippen LogP contribution in [-0.4, -0.2) is 25.5 Å². The molecular weight excluding hydrogens is 380 g/mol. The summed E-state index contributed by atoms with van der Waals surface area (Å²) >= 11 is 2.82. The molecule has 0 bridgehead atoms. The number of carbonyl (C=O) groups is 1. The number of benzene rings is 1. The maximum absolute atomic E-state index is 13.2. The fraction of sp³-hybridized carbons (Fsp3) is 0.100. The quantitative estimate of drug-likeness (QED) is 0.480. The number of nitrogens with zero attached hydrogens (tertiary/aromatic N) is 2. The standard InChI is InChI=1S/C20H16N2O3S2/c1-11-12(2)27-20(21-11)22-16(14-9-6-10-26-14)15(18(24)19(22)25)17(23)13-7-4-3-5-8-13/h3-10,24-25H,1-2H3. The molecule has 2 N–H and O–H groups in total. The van der Waals surface area contributed by atoms with Crippen LogP contribution in [0.5, 0.6) is 11.6 Å². The molecule has 3 aromatic heterocycles. The number of carbonyl (C=O) groups excluding carboxylic acids is 1. The molecular formula is C20H16N2O3S2. The van der Waals surface area contributed by atoms with E-state index in [2.05, 4.69) is 4.98 Å². The lowest BCUT2D eigenvalue weighted by molar-refractivity contribution is 0.103. The Morgan fingerprint density at radius 2 is 1.81 bits per heavy atom. The summed E-state index contributed by atoms with van der Waals surface area (Å²) in [6.45, 7) is 3.83. The van der Waals surface area contributed by atoms with E-state index in [0.717, 1.165) is 15.4 Å². The van der Waals surface area contributed by atoms with Crippen LogP contribution in [0.25, 0.3) is 15.7 Å². The minimum atomic E-state index is -0.433. The van der Waals surface area contributed by atoms with Gasteiger partial charge in [-0.1, -0.05) is 36.4 Å². The molecule has 0 aliphatic carbocycles. The summed E-state index contributed by atoms with van der Waals surface area (Å²) in [4.78, 5) is 19.4. The summed E-state index contributed by atoms with van der Waals surface area (Å²) in [6, 6.07) is 12.4. The van der Waals surface area contributed by atoms with E-state index in [9.17, 15) is 15.0 Å². The molecule has 4 rings (SSSR count). The SMILES string of the molecule is Cc1nc(-n2c(O)c(O)c(C(=O)c3ccccc3)c2-c2cccs2)sc1C. The van der Waals surface area contributed by atoms with Gasteiger partial charge in [0, 0.05) is 10.4 Å². The second-order valence-corrected chi connectivity index (χ2v) is 8.17. The second-order valence-electron chi connectivity index (χ2n) is 6.04. The van der Waals surface area contributed by atoms with Crippen molar-refractivity contribution in [2.24, 2.45) is 0 Å². The van der Waals surface area contributed by atoms with Crippen LogP contribution in [-0.2, 0) is 0 Å². The summed E-state index contributed by atoms with van der Waals surface area (Å²) in [5, 5.41) is 23.7. The molecule has 27 heavy (non-hydrogen) atoms. The number of aromatic hydroxyl groups is 2. The number of thiazole rings is 1. The number of thiophene rings is 1. The van der Waals surface area contributed by atoms with Crippen LogP contribution in [0.1, 0.15) is 26.5 Å². The molecule has 0 fully saturated rings. The van der Waals surface area contributed by atoms with Gasteiger partial charge in [0.1, 0.15) is 0 Å². The van der Waals surface area contributed by atoms with E-state index in [0.29, 0.717) is 16.4 Å². The van der Waals surface area contributed by atoms with Crippen molar-refractivity contribution in [3.63, 3.8) is 0 Å². The maximum Gasteiger partial charge on any atom is 0.242 e. The Morgan fingerprint density at radius 1 is 1.07 bits per heavy atom. The molecule has 0 aliphatic heterocycles. The van der Waals surface area contributed by atoms with Crippen molar-refractivity contribution in [3.05, 3.63) is 69.5 Å². The van der Waals surface area contributed by atoms with Crippen molar-refractivity contribution < 1.29 is 15.0 Å². The van der Waals surface area contributed by atoms with Gasteiger partial charge in [-0.25, -0.2) is 4.98 Å². The Balaban J connectivity index is 2.02. The number of rotatable bonds is 4. The number of aryl methyl sites for hydroxylation is 2. The van der Waals surface area contributed by atoms with Gasteiger partial charge < -0.3 is 10.2 Å². The highest BCUT2D eigenvalue weighted by molar-refractivity contribution is 7.14. The van der Waals surface area contributed by atoms with Crippen LogP contribution < -0.4 is 0 Å². The molecule has 0 radical (unpaired) electrons. The molecule has 1 aromatic carbocycles. The van der Waals surface area contributed by atoms with Crippen LogP contribution in [0, 0.1) is 13.8 Å². The summed E-state index contributed by atoms with van der Waals surface area (Å²) < 4.78 is 1.46. The topological polar surface area (TPSA) is 75.3 Å². The van der Waals surface area contributed by atoms with Crippen molar-refractivity contribution >= 4 is 28.5 Å². The lowest BCUT2D eigenvalue weighted by Crippen LogP contribution is -2.04. The molecule has 7 heteroatoms. The summed E-state index contributed by atoms with van der Waals surface area (Å²) in [7, 11) is 0. The minimum absolute atomic E-state index is 0.0756. The largest absolute Gasteiger partial charge is 0.503 e. The van der Waals surface area contributed by atoms with Crippen molar-refractivity contribution in [1.29, 1.82) is 0 Å². The number of ketones is 1. The van der Waals surface area contributed by atoms with E-state index in [1.807, 2.05) is 37.4 Å². The first kappa shape index (κ1) is 17.5. The Hall–Kier alpha value is -2.90. The first-order valence-electron chi connectivity index (χ1n) is 8.23. The monoisotopic (exact) mass is 396 g/mol. The summed E-state index contributed by atoms with van der Waals surface area (Å²) in [5.74, 6) is -1.17. The molecule has 0 spiro atoms. The van der Waals surface area contributed by atoms with E-state index in [-0.39, 0.29) is 17.2 Å². The third-order valence-electron chi connectivity index (χ3n) is 4.35. The smallest absolute Gasteiger partial charge is 0.242 e. The molecule has 136 valence electrons. The Bertz CT molecular complexity index is 1110. The number of hydrogen-bond acceptors (Lipinski definition) is 6. The van der Waals surface area contributed by atoms with Gasteiger partial charge in [0.25, 0.3) is 0 Å². The first-order chi connectivity index (χ1) is 13.0. The van der Waals surface area contributed by atoms with Gasteiger partial charge in [0.2, 0.25) is 5.88 Å². The Morgan fingerprint density at radius 3 is 2.41 bits per heavy atom. The molecule has 4 aromatic rings. The van der Waals surface area contributed by atoms with E-state index in [1.54, 1.807) is 24.3 Å². The molecule has 0 amide bonds. The van der Waals surface area contributed by atoms with Crippen molar-refractivity contribution in [2.75, 3.05) is 0 Å². The van der Waals surface area contributed by atoms with Crippen LogP contribution >= 0.6 is 22.7 Å². The van der Waals surface area contributed by atoms with E-state index in [4.69, 9.17) is 0 Å². The highest BCUT2D eigenvalue weighted by Gasteiger charge is 2.31. The average molecular weight is 396 g/mol. The second kappa shape index (κ2) is 6.68. The molecule has 3 heterocycles. The zero-order valence-electron chi connectivity index (χ0n) is 14.6. The predicted octanol–water partition coefficient (Wildman–Crippen LogP) is 4.92. The van der Waals surface area contributed by atoms with E-state index < -0.39 is 5.75 Å². The summed E-state index contributed by atoms with van der Waals surface area (Å²) in [5.41, 5.74) is 1.80. The van der Waals surface area contributed by atoms with Crippen LogP contribution in [0.15, 0.2) is 47.8 Å². The van der Waals surface area contributed by atoms with E-state index in [1.165, 1.54) is 27.2 Å². The van der Waals surface area contributed by atoms with Gasteiger partial charge in [-0.3, -0.25) is 9.36 Å². The highest BCUT2D eigenvalue weighted by Crippen LogP contribution is 2.45. The molecule has 5 nitrogen and oxygen atoms in total. The van der Waals surface area contributed by atoms with Gasteiger partial charge in [0.15, 0.2) is 16.7 Å². The van der Waals surface area contributed by atoms with Gasteiger partial charge in [0.05, 0.1) is 21.8 Å². The Labute approximate surface area is 163 Å². The minimum Gasteiger partial charge on any atom is -0.503 e. The zero-order valence-corrected chi connectivity index (χ0v) is 16.3. The third-order valence-corrected chi connectivity index (χ3v) is 6.28. The zero-order chi connectivity index (χ0) is 19.1. The summed E-state index contributed by atoms with van der Waals surface area (Å²) in [6.07, 6.45) is 0. The van der Waals surface area contributed by atoms with Crippen molar-refractivity contribution in [2.45, 2.75) is 13.8 Å². The highest BCUT2D eigenvalue weighted by atomic mass is 32.1. The fourth-order valence-corrected chi connectivity index (χ4v) is 4.57. The maximum atomic E-state index is 13.2. The predicted molar refractivity (Wildman–Crippen MR) is 107 cm³/mol. The Kier molecular flexibility index (Phi) is 4.33. The van der Waals surface area contributed by atoms with Gasteiger partial charge in [-0.2, -0.15) is 0 Å². The average Bonchev–Trinajstić information content (AvgIpc) is 3.36. The molecule has 0 atom stereocenters. The van der Waals surface area contributed by atoms with Crippen LogP contribution in [0.2, 0.25) is 0 Å². The molecule has 0 saturated carbocycles. The number of hydrogen-bond donors (Lipinski definition) is 2. The third kappa shape index (κ3) is 2.85. The van der Waals surface area contributed by atoms with Gasteiger partial charge in [-0.15, -0.1) is 22.7 Å². The van der Waals surface area contributed by atoms with Gasteiger partial charge >= 0.3 is 0 Å². The normalized spacial score (nSPS) is 11.0. The van der Waals surface area contributed by atoms with Crippen molar-refractivity contribution in [3.8, 4) is 27.3 Å². The molecule has 0 unspecified atom stereocenters. The molecule has 0 saturated heterocycles. The molecule has 0 aliphatic rings. The van der Waals surface area contributed by atoms with Crippen LogP contribution in [0.3, 0.4) is 0 Å². The number of aromatic nitrogens is 2. The lowest BCUT2D eigenvalue weighted by atomic mass is 10.0. The first-order valence-corrected chi connectivity index (χ1v) is 9.93. The van der Waals surface area contributed by atoms with Crippen molar-refractivity contribution in [1.82, 2.24) is 9.55 Å². The lowest BCUT2D eigenvalue weighted by Gasteiger charge is -2.07. The van der Waals surface area contributed by atoms with E-state index >= 15 is 0 Å². The van der Waals surface area contributed by atoms with Crippen LogP contribution in [0.4, 0.5) is 0 Å². The fourth-order valence-electron chi connectivity index (χ4n) is 2.88.